The number of nitrogens with one attached hydrogen (secondary N) is 2. The van der Waals surface area contributed by atoms with Gasteiger partial charge in [0.2, 0.25) is 0 Å². The molecule has 0 saturated carbocycles. The van der Waals surface area contributed by atoms with Crippen molar-refractivity contribution in [3.05, 3.63) is 21.9 Å². The Kier molecular flexibility index (Phi) is 3.02. The molecule has 0 aliphatic heterocycles. The summed E-state index contributed by atoms with van der Waals surface area (Å²) in [6.45, 7) is 4.71. The molecule has 0 bridgehead atoms. The largest absolute Gasteiger partial charge is 0.302 e. The van der Waals surface area contributed by atoms with E-state index in [0.29, 0.717) is 5.82 Å². The quantitative estimate of drug-likeness (QED) is 0.803. The second-order valence-electron chi connectivity index (χ2n) is 3.23. The Balaban J connectivity index is 1.88. The van der Waals surface area contributed by atoms with Gasteiger partial charge in [-0.2, -0.15) is 5.21 Å². The molecule has 80 valence electrons. The first kappa shape index (κ1) is 10.2. The van der Waals surface area contributed by atoms with Crippen LogP contribution in [0.3, 0.4) is 0 Å². The Morgan fingerprint density at radius 1 is 1.60 bits per heavy atom. The maximum atomic E-state index is 4.36. The van der Waals surface area contributed by atoms with Crippen molar-refractivity contribution in [3.8, 4) is 0 Å². The molecule has 6 nitrogen and oxygen atoms in total. The Labute approximate surface area is 91.1 Å². The average molecular weight is 224 g/mol. The predicted molar refractivity (Wildman–Crippen MR) is 56.3 cm³/mol. The van der Waals surface area contributed by atoms with E-state index in [4.69, 9.17) is 0 Å². The van der Waals surface area contributed by atoms with Gasteiger partial charge in [0.25, 0.3) is 0 Å². The van der Waals surface area contributed by atoms with Gasteiger partial charge in [0, 0.05) is 11.9 Å². The first-order chi connectivity index (χ1) is 7.25. The van der Waals surface area contributed by atoms with E-state index in [0.717, 1.165) is 17.2 Å². The molecule has 0 radical (unpaired) electrons. The highest BCUT2D eigenvalue weighted by Gasteiger charge is 2.09. The monoisotopic (exact) mass is 224 g/mol. The lowest BCUT2D eigenvalue weighted by Gasteiger charge is -2.07. The minimum absolute atomic E-state index is 0.0748. The number of aryl methyl sites for hydroxylation is 1. The van der Waals surface area contributed by atoms with Gasteiger partial charge in [0.1, 0.15) is 0 Å². The Bertz CT molecular complexity index is 408. The van der Waals surface area contributed by atoms with Gasteiger partial charge in [0.15, 0.2) is 5.82 Å². The van der Waals surface area contributed by atoms with Gasteiger partial charge in [-0.05, 0) is 13.8 Å². The molecule has 0 aliphatic rings. The molecule has 0 saturated heterocycles. The molecule has 0 aromatic carbocycles. The molecule has 1 atom stereocenters. The fourth-order valence-electron chi connectivity index (χ4n) is 1.19. The van der Waals surface area contributed by atoms with Crippen LogP contribution in [0.15, 0.2) is 5.38 Å². The van der Waals surface area contributed by atoms with Gasteiger partial charge in [-0.25, -0.2) is 4.98 Å². The van der Waals surface area contributed by atoms with Crippen LogP contribution in [-0.2, 0) is 6.54 Å². The van der Waals surface area contributed by atoms with Gasteiger partial charge in [-0.1, -0.05) is 5.21 Å². The van der Waals surface area contributed by atoms with Crippen molar-refractivity contribution in [3.63, 3.8) is 0 Å². The summed E-state index contributed by atoms with van der Waals surface area (Å²) in [4.78, 5) is 4.36. The van der Waals surface area contributed by atoms with E-state index < -0.39 is 0 Å². The Morgan fingerprint density at radius 2 is 2.47 bits per heavy atom. The van der Waals surface area contributed by atoms with Gasteiger partial charge >= 0.3 is 0 Å². The minimum atomic E-state index is 0.0748. The first-order valence-electron chi connectivity index (χ1n) is 4.63. The molecule has 2 heterocycles. The number of hydrogen-bond acceptors (Lipinski definition) is 6. The normalized spacial score (nSPS) is 12.9. The highest BCUT2D eigenvalue weighted by molar-refractivity contribution is 7.09. The maximum absolute atomic E-state index is 4.36. The van der Waals surface area contributed by atoms with Crippen molar-refractivity contribution >= 4 is 11.3 Å². The standard InChI is InChI=1S/C8H12N6S/c1-5(8-11-13-14-12-8)9-3-7-4-15-6(2)10-7/h4-5,9H,3H2,1-2H3,(H,11,12,13,14). The van der Waals surface area contributed by atoms with Crippen LogP contribution < -0.4 is 5.32 Å². The van der Waals surface area contributed by atoms with Crippen LogP contribution in [0.25, 0.3) is 0 Å². The topological polar surface area (TPSA) is 79.4 Å². The zero-order valence-electron chi connectivity index (χ0n) is 8.56. The smallest absolute Gasteiger partial charge is 0.191 e. The highest BCUT2D eigenvalue weighted by Crippen LogP contribution is 2.09. The van der Waals surface area contributed by atoms with Crippen molar-refractivity contribution in [2.75, 3.05) is 0 Å². The van der Waals surface area contributed by atoms with Crippen molar-refractivity contribution < 1.29 is 0 Å². The predicted octanol–water partition coefficient (Wildman–Crippen LogP) is 0.815. The van der Waals surface area contributed by atoms with E-state index in [2.05, 4.69) is 30.9 Å². The Hall–Kier alpha value is -1.34. The van der Waals surface area contributed by atoms with Crippen LogP contribution in [0, 0.1) is 6.92 Å². The second-order valence-corrected chi connectivity index (χ2v) is 4.29. The molecular weight excluding hydrogens is 212 g/mol. The molecule has 2 aromatic rings. The van der Waals surface area contributed by atoms with E-state index >= 15 is 0 Å². The lowest BCUT2D eigenvalue weighted by atomic mass is 10.3. The van der Waals surface area contributed by atoms with Crippen LogP contribution in [0.2, 0.25) is 0 Å². The van der Waals surface area contributed by atoms with E-state index in [1.54, 1.807) is 11.3 Å². The Morgan fingerprint density at radius 3 is 3.07 bits per heavy atom. The molecule has 2 aromatic heterocycles. The summed E-state index contributed by atoms with van der Waals surface area (Å²) in [5, 5.41) is 20.2. The molecule has 0 spiro atoms. The van der Waals surface area contributed by atoms with E-state index in [1.807, 2.05) is 19.2 Å². The maximum Gasteiger partial charge on any atom is 0.191 e. The SMILES string of the molecule is Cc1nc(CNC(C)c2nn[nH]n2)cs1. The summed E-state index contributed by atoms with van der Waals surface area (Å²) >= 11 is 1.65. The highest BCUT2D eigenvalue weighted by atomic mass is 32.1. The van der Waals surface area contributed by atoms with Crippen LogP contribution in [0.1, 0.15) is 29.5 Å². The second kappa shape index (κ2) is 4.45. The molecule has 0 amide bonds. The summed E-state index contributed by atoms with van der Waals surface area (Å²) < 4.78 is 0. The number of aromatic amines is 1. The number of rotatable bonds is 4. The zero-order chi connectivity index (χ0) is 10.7. The van der Waals surface area contributed by atoms with Crippen LogP contribution >= 0.6 is 11.3 Å². The van der Waals surface area contributed by atoms with Gasteiger partial charge < -0.3 is 5.32 Å². The van der Waals surface area contributed by atoms with Crippen LogP contribution in [0.5, 0.6) is 0 Å². The zero-order valence-corrected chi connectivity index (χ0v) is 9.38. The molecule has 1 unspecified atom stereocenters. The lowest BCUT2D eigenvalue weighted by Crippen LogP contribution is -2.19. The molecule has 0 aliphatic carbocycles. The third-order valence-corrected chi connectivity index (χ3v) is 2.83. The van der Waals surface area contributed by atoms with E-state index in [-0.39, 0.29) is 6.04 Å². The van der Waals surface area contributed by atoms with Crippen molar-refractivity contribution in [1.29, 1.82) is 0 Å². The van der Waals surface area contributed by atoms with Gasteiger partial charge in [0.05, 0.1) is 16.7 Å². The van der Waals surface area contributed by atoms with Gasteiger partial charge in [-0.3, -0.25) is 0 Å². The molecule has 15 heavy (non-hydrogen) atoms. The van der Waals surface area contributed by atoms with Crippen LogP contribution in [-0.4, -0.2) is 25.6 Å². The summed E-state index contributed by atoms with van der Waals surface area (Å²) in [7, 11) is 0. The molecule has 2 N–H and O–H groups in total. The van der Waals surface area contributed by atoms with E-state index in [9.17, 15) is 0 Å². The van der Waals surface area contributed by atoms with Crippen LogP contribution in [0.4, 0.5) is 0 Å². The van der Waals surface area contributed by atoms with Crippen molar-refractivity contribution in [1.82, 2.24) is 30.9 Å². The molecular formula is C8H12N6S. The summed E-state index contributed by atoms with van der Waals surface area (Å²) in [5.74, 6) is 0.668. The fourth-order valence-corrected chi connectivity index (χ4v) is 1.80. The number of hydrogen-bond donors (Lipinski definition) is 2. The number of tetrazole rings is 1. The minimum Gasteiger partial charge on any atom is -0.302 e. The number of nitrogens with zero attached hydrogens (tertiary/aromatic N) is 4. The average Bonchev–Trinajstić information content (AvgIpc) is 2.84. The van der Waals surface area contributed by atoms with Gasteiger partial charge in [-0.15, -0.1) is 21.5 Å². The van der Waals surface area contributed by atoms with Crippen molar-refractivity contribution in [2.45, 2.75) is 26.4 Å². The molecule has 7 heteroatoms. The summed E-state index contributed by atoms with van der Waals surface area (Å²) in [6, 6.07) is 0.0748. The molecule has 0 fully saturated rings. The third-order valence-electron chi connectivity index (χ3n) is 2.00. The lowest BCUT2D eigenvalue weighted by molar-refractivity contribution is 0.542. The van der Waals surface area contributed by atoms with Crippen molar-refractivity contribution in [2.24, 2.45) is 0 Å². The number of H-pyrrole nitrogens is 1. The number of aromatic nitrogens is 5. The third kappa shape index (κ3) is 2.57. The number of thiazole rings is 1. The van der Waals surface area contributed by atoms with E-state index in [1.165, 1.54) is 0 Å². The first-order valence-corrected chi connectivity index (χ1v) is 5.51. The summed E-state index contributed by atoms with van der Waals surface area (Å²) in [6.07, 6.45) is 0. The molecule has 2 rings (SSSR count). The fraction of sp³-hybridized carbons (Fsp3) is 0.500. The summed E-state index contributed by atoms with van der Waals surface area (Å²) in [5.41, 5.74) is 1.05.